The molecule has 170 valence electrons. The van der Waals surface area contributed by atoms with E-state index in [0.29, 0.717) is 26.4 Å². The van der Waals surface area contributed by atoms with Crippen LogP contribution in [0.5, 0.6) is 5.75 Å². The maximum Gasteiger partial charge on any atom is 0.410 e. The van der Waals surface area contributed by atoms with E-state index in [1.165, 1.54) is 6.92 Å². The van der Waals surface area contributed by atoms with E-state index < -0.39 is 5.60 Å². The highest BCUT2D eigenvalue weighted by Gasteiger charge is 2.34. The van der Waals surface area contributed by atoms with Crippen molar-refractivity contribution < 1.29 is 28.5 Å². The molecule has 1 aromatic rings. The van der Waals surface area contributed by atoms with Crippen LogP contribution in [0.25, 0.3) is 0 Å². The Morgan fingerprint density at radius 2 is 1.80 bits per heavy atom. The summed E-state index contributed by atoms with van der Waals surface area (Å²) in [5, 5.41) is 0. The number of methoxy groups -OCH3 is 1. The summed E-state index contributed by atoms with van der Waals surface area (Å²) in [4.78, 5) is 24.7. The zero-order valence-corrected chi connectivity index (χ0v) is 19.2. The normalized spacial score (nSPS) is 18.7. The highest BCUT2D eigenvalue weighted by Crippen LogP contribution is 2.25. The van der Waals surface area contributed by atoms with Crippen molar-refractivity contribution in [3.63, 3.8) is 0 Å². The number of carbonyl (C=O) groups excluding carboxylic acids is 2. The summed E-state index contributed by atoms with van der Waals surface area (Å²) in [5.74, 6) is 0.802. The summed E-state index contributed by atoms with van der Waals surface area (Å²) >= 11 is 0. The van der Waals surface area contributed by atoms with E-state index in [9.17, 15) is 9.59 Å². The Bertz CT molecular complexity index is 628. The number of benzene rings is 1. The van der Waals surface area contributed by atoms with E-state index >= 15 is 0 Å². The number of piperidine rings is 1. The number of rotatable bonds is 6. The molecule has 1 aromatic carbocycles. The lowest BCUT2D eigenvalue weighted by Gasteiger charge is -2.39. The number of carbonyl (C=O) groups is 2. The van der Waals surface area contributed by atoms with Gasteiger partial charge < -0.3 is 23.8 Å². The molecule has 2 rings (SSSR count). The molecule has 0 N–H and O–H groups in total. The Kier molecular flexibility index (Phi) is 11.3. The van der Waals surface area contributed by atoms with E-state index in [1.54, 1.807) is 12.0 Å². The summed E-state index contributed by atoms with van der Waals surface area (Å²) in [6, 6.07) is 9.74. The summed E-state index contributed by atoms with van der Waals surface area (Å²) in [7, 11) is 1.66. The standard InChI is InChI=1S/C14H25NO4.C9H12O2/c1-10-12(9-18-11(2)16)7-6-8-15(10)13(17)19-14(3,4)5;1-10-7-8-11-9-5-3-2-4-6-9/h10,12H,6-9H2,1-5H3;2-6H,7-8H2,1H3/t10-,12?;/m1./s1. The van der Waals surface area contributed by atoms with Crippen molar-refractivity contribution in [1.82, 2.24) is 4.90 Å². The lowest BCUT2D eigenvalue weighted by atomic mass is 9.91. The van der Waals surface area contributed by atoms with Crippen LogP contribution in [0.15, 0.2) is 30.3 Å². The van der Waals surface area contributed by atoms with Crippen molar-refractivity contribution in [2.75, 3.05) is 33.5 Å². The largest absolute Gasteiger partial charge is 0.491 e. The van der Waals surface area contributed by atoms with Crippen molar-refractivity contribution >= 4 is 12.1 Å². The number of esters is 1. The molecule has 1 aliphatic heterocycles. The van der Waals surface area contributed by atoms with Gasteiger partial charge in [0.05, 0.1) is 13.2 Å². The number of amides is 1. The summed E-state index contributed by atoms with van der Waals surface area (Å²) < 4.78 is 20.6. The molecule has 1 heterocycles. The Balaban J connectivity index is 0.000000346. The van der Waals surface area contributed by atoms with E-state index in [-0.39, 0.29) is 24.0 Å². The van der Waals surface area contributed by atoms with Gasteiger partial charge in [0.15, 0.2) is 0 Å². The van der Waals surface area contributed by atoms with Crippen molar-refractivity contribution in [3.05, 3.63) is 30.3 Å². The van der Waals surface area contributed by atoms with Crippen molar-refractivity contribution in [1.29, 1.82) is 0 Å². The summed E-state index contributed by atoms with van der Waals surface area (Å²) in [6.07, 6.45) is 1.59. The van der Waals surface area contributed by atoms with Crippen LogP contribution in [0.4, 0.5) is 4.79 Å². The van der Waals surface area contributed by atoms with Gasteiger partial charge in [-0.1, -0.05) is 18.2 Å². The quantitative estimate of drug-likeness (QED) is 0.502. The molecule has 0 spiro atoms. The van der Waals surface area contributed by atoms with Gasteiger partial charge >= 0.3 is 12.1 Å². The first-order valence-electron chi connectivity index (χ1n) is 10.4. The fourth-order valence-corrected chi connectivity index (χ4v) is 3.01. The third-order valence-electron chi connectivity index (χ3n) is 4.58. The molecule has 2 atom stereocenters. The van der Waals surface area contributed by atoms with Crippen LogP contribution in [0.2, 0.25) is 0 Å². The summed E-state index contributed by atoms with van der Waals surface area (Å²) in [6.45, 7) is 11.3. The molecule has 0 aromatic heterocycles. The predicted octanol–water partition coefficient (Wildman–Crippen LogP) is 4.30. The molecule has 0 bridgehead atoms. The minimum Gasteiger partial charge on any atom is -0.491 e. The molecule has 1 fully saturated rings. The van der Waals surface area contributed by atoms with Crippen molar-refractivity contribution in [3.8, 4) is 5.75 Å². The maximum atomic E-state index is 12.1. The number of hydrogen-bond acceptors (Lipinski definition) is 6. The van der Waals surface area contributed by atoms with Crippen LogP contribution in [0.1, 0.15) is 47.5 Å². The van der Waals surface area contributed by atoms with Crippen LogP contribution in [-0.4, -0.2) is 62.1 Å². The molecule has 1 unspecified atom stereocenters. The van der Waals surface area contributed by atoms with Crippen LogP contribution in [0, 0.1) is 5.92 Å². The Morgan fingerprint density at radius 3 is 2.37 bits per heavy atom. The van der Waals surface area contributed by atoms with Crippen LogP contribution in [0.3, 0.4) is 0 Å². The monoisotopic (exact) mass is 423 g/mol. The van der Waals surface area contributed by atoms with Gasteiger partial charge in [-0.3, -0.25) is 4.79 Å². The molecule has 0 radical (unpaired) electrons. The molecule has 1 saturated heterocycles. The second-order valence-corrected chi connectivity index (χ2v) is 8.27. The molecular formula is C23H37NO6. The minimum absolute atomic E-state index is 0.0305. The minimum atomic E-state index is -0.486. The fourth-order valence-electron chi connectivity index (χ4n) is 3.01. The topological polar surface area (TPSA) is 74.3 Å². The molecule has 7 nitrogen and oxygen atoms in total. The Labute approximate surface area is 180 Å². The van der Waals surface area contributed by atoms with Gasteiger partial charge in [0.25, 0.3) is 0 Å². The molecule has 1 amide bonds. The maximum absolute atomic E-state index is 12.1. The van der Waals surface area contributed by atoms with Gasteiger partial charge in [0, 0.05) is 32.5 Å². The molecule has 7 heteroatoms. The first kappa shape index (κ1) is 25.8. The Morgan fingerprint density at radius 1 is 1.13 bits per heavy atom. The average Bonchev–Trinajstić information content (AvgIpc) is 2.67. The molecular weight excluding hydrogens is 386 g/mol. The van der Waals surface area contributed by atoms with Gasteiger partial charge in [0.1, 0.15) is 18.0 Å². The van der Waals surface area contributed by atoms with E-state index in [1.807, 2.05) is 58.0 Å². The van der Waals surface area contributed by atoms with Crippen molar-refractivity contribution in [2.45, 2.75) is 59.1 Å². The second kappa shape index (κ2) is 13.1. The number of hydrogen-bond donors (Lipinski definition) is 0. The first-order chi connectivity index (χ1) is 14.1. The average molecular weight is 424 g/mol. The molecule has 1 aliphatic rings. The predicted molar refractivity (Wildman–Crippen MR) is 116 cm³/mol. The molecule has 0 saturated carbocycles. The van der Waals surface area contributed by atoms with Gasteiger partial charge in [-0.2, -0.15) is 0 Å². The first-order valence-corrected chi connectivity index (χ1v) is 10.4. The lowest BCUT2D eigenvalue weighted by molar-refractivity contribution is -0.143. The number of nitrogens with zero attached hydrogens (tertiary/aromatic N) is 1. The van der Waals surface area contributed by atoms with Crippen LogP contribution in [-0.2, 0) is 19.0 Å². The van der Waals surface area contributed by atoms with Gasteiger partial charge in [0.2, 0.25) is 0 Å². The number of para-hydroxylation sites is 1. The second-order valence-electron chi connectivity index (χ2n) is 8.27. The van der Waals surface area contributed by atoms with Gasteiger partial charge in [-0.15, -0.1) is 0 Å². The fraction of sp³-hybridized carbons (Fsp3) is 0.652. The highest BCUT2D eigenvalue weighted by atomic mass is 16.6. The van der Waals surface area contributed by atoms with E-state index in [2.05, 4.69) is 0 Å². The van der Waals surface area contributed by atoms with E-state index in [0.717, 1.165) is 18.6 Å². The number of likely N-dealkylation sites (tertiary alicyclic amines) is 1. The summed E-state index contributed by atoms with van der Waals surface area (Å²) in [5.41, 5.74) is -0.486. The molecule has 30 heavy (non-hydrogen) atoms. The van der Waals surface area contributed by atoms with Crippen LogP contribution < -0.4 is 4.74 Å². The highest BCUT2D eigenvalue weighted by molar-refractivity contribution is 5.68. The van der Waals surface area contributed by atoms with E-state index in [4.69, 9.17) is 18.9 Å². The molecule has 0 aliphatic carbocycles. The smallest absolute Gasteiger partial charge is 0.410 e. The lowest BCUT2D eigenvalue weighted by Crippen LogP contribution is -2.49. The zero-order valence-electron chi connectivity index (χ0n) is 19.2. The van der Waals surface area contributed by atoms with Crippen LogP contribution >= 0.6 is 0 Å². The third kappa shape index (κ3) is 10.5. The van der Waals surface area contributed by atoms with Crippen molar-refractivity contribution in [2.24, 2.45) is 5.92 Å². The Hall–Kier alpha value is -2.28. The zero-order chi connectivity index (χ0) is 22.6. The number of ether oxygens (including phenoxy) is 4. The SMILES string of the molecule is CC(=O)OCC1CCCN(C(=O)OC(C)(C)C)[C@@H]1C.COCCOc1ccccc1. The van der Waals surface area contributed by atoms with Gasteiger partial charge in [-0.05, 0) is 52.7 Å². The van der Waals surface area contributed by atoms with Gasteiger partial charge in [-0.25, -0.2) is 4.79 Å². The third-order valence-corrected chi connectivity index (χ3v) is 4.58.